The van der Waals surface area contributed by atoms with Crippen LogP contribution >= 0.6 is 0 Å². The van der Waals surface area contributed by atoms with Crippen LogP contribution in [0.2, 0.25) is 0 Å². The van der Waals surface area contributed by atoms with E-state index in [1.54, 1.807) is 0 Å². The van der Waals surface area contributed by atoms with Crippen molar-refractivity contribution >= 4 is 5.91 Å². The van der Waals surface area contributed by atoms with E-state index in [2.05, 4.69) is 9.80 Å². The average Bonchev–Trinajstić information content (AvgIpc) is 3.02. The first-order chi connectivity index (χ1) is 10.2. The summed E-state index contributed by atoms with van der Waals surface area (Å²) in [6.07, 6.45) is 11.8. The Hall–Kier alpha value is -0.610. The van der Waals surface area contributed by atoms with Gasteiger partial charge >= 0.3 is 0 Å². The average molecular weight is 293 g/mol. The number of hydrogen-bond acceptors (Lipinski definition) is 3. The van der Waals surface area contributed by atoms with Crippen molar-refractivity contribution in [1.82, 2.24) is 9.80 Å². The number of rotatable bonds is 3. The molecule has 0 radical (unpaired) electrons. The second-order valence-electron chi connectivity index (χ2n) is 7.45. The fraction of sp³-hybridized carbons (Fsp3) is 0.941. The summed E-state index contributed by atoms with van der Waals surface area (Å²) in [5, 5.41) is 0. The van der Waals surface area contributed by atoms with Crippen LogP contribution in [0.5, 0.6) is 0 Å². The zero-order valence-electron chi connectivity index (χ0n) is 13.4. The van der Waals surface area contributed by atoms with E-state index in [9.17, 15) is 4.79 Å². The minimum absolute atomic E-state index is 0.210. The van der Waals surface area contributed by atoms with Gasteiger partial charge in [-0.1, -0.05) is 32.1 Å². The highest BCUT2D eigenvalue weighted by Gasteiger charge is 2.33. The lowest BCUT2D eigenvalue weighted by Crippen LogP contribution is -2.54. The molecule has 3 fully saturated rings. The Morgan fingerprint density at radius 3 is 2.19 bits per heavy atom. The molecule has 0 aromatic carbocycles. The molecule has 1 heterocycles. The van der Waals surface area contributed by atoms with E-state index in [1.807, 2.05) is 0 Å². The molecule has 1 saturated heterocycles. The topological polar surface area (TPSA) is 49.6 Å². The summed E-state index contributed by atoms with van der Waals surface area (Å²) in [5.41, 5.74) is 6.23. The van der Waals surface area contributed by atoms with E-state index in [-0.39, 0.29) is 5.54 Å². The third kappa shape index (κ3) is 3.78. The van der Waals surface area contributed by atoms with Crippen molar-refractivity contribution in [1.29, 1.82) is 0 Å². The molecular weight excluding hydrogens is 262 g/mol. The van der Waals surface area contributed by atoms with Gasteiger partial charge in [-0.3, -0.25) is 9.69 Å². The molecule has 0 aromatic rings. The lowest BCUT2D eigenvalue weighted by molar-refractivity contribution is -0.134. The Morgan fingerprint density at radius 2 is 1.57 bits per heavy atom. The minimum atomic E-state index is -0.210. The van der Waals surface area contributed by atoms with Gasteiger partial charge < -0.3 is 10.6 Å². The normalized spacial score (nSPS) is 28.0. The zero-order chi connectivity index (χ0) is 14.7. The molecule has 21 heavy (non-hydrogen) atoms. The van der Waals surface area contributed by atoms with Gasteiger partial charge in [0, 0.05) is 44.2 Å². The molecular formula is C17H31N3O. The molecule has 0 spiro atoms. The summed E-state index contributed by atoms with van der Waals surface area (Å²) in [6, 6.07) is 0.793. The van der Waals surface area contributed by atoms with Crippen molar-refractivity contribution < 1.29 is 4.79 Å². The summed E-state index contributed by atoms with van der Waals surface area (Å²) in [5.74, 6) is 0.297. The van der Waals surface area contributed by atoms with Crippen LogP contribution in [0, 0.1) is 0 Å². The summed E-state index contributed by atoms with van der Waals surface area (Å²) < 4.78 is 0. The van der Waals surface area contributed by atoms with Gasteiger partial charge in [0.15, 0.2) is 0 Å². The molecule has 0 unspecified atom stereocenters. The molecule has 4 nitrogen and oxygen atoms in total. The first kappa shape index (κ1) is 15.3. The predicted molar refractivity (Wildman–Crippen MR) is 85.0 cm³/mol. The molecule has 120 valence electrons. The number of piperazine rings is 1. The lowest BCUT2D eigenvalue weighted by atomic mass is 9.80. The van der Waals surface area contributed by atoms with Gasteiger partial charge in [0.1, 0.15) is 0 Å². The number of nitrogens with two attached hydrogens (primary N) is 1. The maximum Gasteiger partial charge on any atom is 0.224 e. The van der Waals surface area contributed by atoms with Gasteiger partial charge in [-0.05, 0) is 25.7 Å². The summed E-state index contributed by atoms with van der Waals surface area (Å²) >= 11 is 0. The zero-order valence-corrected chi connectivity index (χ0v) is 13.4. The number of carbonyl (C=O) groups is 1. The van der Waals surface area contributed by atoms with E-state index in [0.717, 1.165) is 45.1 Å². The molecule has 2 aliphatic carbocycles. The van der Waals surface area contributed by atoms with E-state index in [0.29, 0.717) is 12.3 Å². The monoisotopic (exact) mass is 293 g/mol. The van der Waals surface area contributed by atoms with Crippen molar-refractivity contribution in [2.45, 2.75) is 75.8 Å². The fourth-order valence-electron chi connectivity index (χ4n) is 4.45. The second-order valence-corrected chi connectivity index (χ2v) is 7.45. The first-order valence-electron chi connectivity index (χ1n) is 8.97. The molecule has 1 amide bonds. The van der Waals surface area contributed by atoms with Crippen LogP contribution in [0.4, 0.5) is 0 Å². The van der Waals surface area contributed by atoms with Crippen LogP contribution in [0.15, 0.2) is 0 Å². The Labute approximate surface area is 129 Å². The van der Waals surface area contributed by atoms with Crippen molar-refractivity contribution in [2.24, 2.45) is 5.73 Å². The van der Waals surface area contributed by atoms with E-state index in [1.165, 1.54) is 44.9 Å². The Bertz CT molecular complexity index is 351. The third-order valence-corrected chi connectivity index (χ3v) is 5.86. The molecule has 0 atom stereocenters. The fourth-order valence-corrected chi connectivity index (χ4v) is 4.45. The first-order valence-corrected chi connectivity index (χ1v) is 8.97. The highest BCUT2D eigenvalue weighted by atomic mass is 16.2. The van der Waals surface area contributed by atoms with Gasteiger partial charge in [0.25, 0.3) is 0 Å². The van der Waals surface area contributed by atoms with Gasteiger partial charge in [-0.25, -0.2) is 0 Å². The molecule has 3 rings (SSSR count). The molecule has 1 aliphatic heterocycles. The van der Waals surface area contributed by atoms with E-state index >= 15 is 0 Å². The number of nitrogens with zero attached hydrogens (tertiary/aromatic N) is 2. The maximum atomic E-state index is 12.5. The Kier molecular flexibility index (Phi) is 4.85. The molecule has 4 heteroatoms. The van der Waals surface area contributed by atoms with Gasteiger partial charge in [0.2, 0.25) is 5.91 Å². The van der Waals surface area contributed by atoms with Crippen LogP contribution in [0.1, 0.15) is 64.2 Å². The van der Waals surface area contributed by atoms with Gasteiger partial charge in [-0.15, -0.1) is 0 Å². The van der Waals surface area contributed by atoms with Crippen LogP contribution in [0.3, 0.4) is 0 Å². The van der Waals surface area contributed by atoms with Crippen molar-refractivity contribution in [3.05, 3.63) is 0 Å². The van der Waals surface area contributed by atoms with Crippen molar-refractivity contribution in [2.75, 3.05) is 26.2 Å². The highest BCUT2D eigenvalue weighted by Crippen LogP contribution is 2.30. The number of amides is 1. The third-order valence-electron chi connectivity index (χ3n) is 5.86. The largest absolute Gasteiger partial charge is 0.340 e. The molecule has 2 N–H and O–H groups in total. The SMILES string of the molecule is NC1(CC(=O)N2CCN(C3CCCC3)CC2)CCCCC1. The van der Waals surface area contributed by atoms with E-state index in [4.69, 9.17) is 5.73 Å². The quantitative estimate of drug-likeness (QED) is 0.867. The van der Waals surface area contributed by atoms with Crippen molar-refractivity contribution in [3.8, 4) is 0 Å². The summed E-state index contributed by atoms with van der Waals surface area (Å²) in [4.78, 5) is 17.2. The molecule has 0 aromatic heterocycles. The predicted octanol–water partition coefficient (Wildman–Crippen LogP) is 2.12. The number of carbonyl (C=O) groups excluding carboxylic acids is 1. The Morgan fingerprint density at radius 1 is 0.952 bits per heavy atom. The minimum Gasteiger partial charge on any atom is -0.340 e. The Balaban J connectivity index is 1.46. The van der Waals surface area contributed by atoms with Crippen LogP contribution < -0.4 is 5.73 Å². The standard InChI is InChI=1S/C17H31N3O/c18-17(8-4-1-5-9-17)14-16(21)20-12-10-19(11-13-20)15-6-2-3-7-15/h15H,1-14,18H2. The second kappa shape index (κ2) is 6.66. The molecule has 0 bridgehead atoms. The molecule has 2 saturated carbocycles. The number of hydrogen-bond donors (Lipinski definition) is 1. The lowest BCUT2D eigenvalue weighted by Gasteiger charge is -2.40. The van der Waals surface area contributed by atoms with Gasteiger partial charge in [-0.2, -0.15) is 0 Å². The summed E-state index contributed by atoms with van der Waals surface area (Å²) in [7, 11) is 0. The highest BCUT2D eigenvalue weighted by molar-refractivity contribution is 5.77. The van der Waals surface area contributed by atoms with Crippen LogP contribution in [0.25, 0.3) is 0 Å². The van der Waals surface area contributed by atoms with Crippen molar-refractivity contribution in [3.63, 3.8) is 0 Å². The maximum absolute atomic E-state index is 12.5. The molecule has 3 aliphatic rings. The van der Waals surface area contributed by atoms with E-state index < -0.39 is 0 Å². The van der Waals surface area contributed by atoms with Crippen LogP contribution in [-0.2, 0) is 4.79 Å². The van der Waals surface area contributed by atoms with Gasteiger partial charge in [0.05, 0.1) is 0 Å². The summed E-state index contributed by atoms with van der Waals surface area (Å²) in [6.45, 7) is 3.94. The smallest absolute Gasteiger partial charge is 0.224 e. The van der Waals surface area contributed by atoms with Crippen LogP contribution in [-0.4, -0.2) is 53.5 Å².